The van der Waals surface area contributed by atoms with Gasteiger partial charge in [0, 0.05) is 17.7 Å². The Kier molecular flexibility index (Phi) is 2.97. The molecule has 0 saturated carbocycles. The van der Waals surface area contributed by atoms with Crippen LogP contribution in [-0.2, 0) is 11.2 Å². The van der Waals surface area contributed by atoms with Crippen LogP contribution < -0.4 is 5.32 Å². The van der Waals surface area contributed by atoms with E-state index in [0.717, 1.165) is 17.7 Å². The normalized spacial score (nSPS) is 13.5. The highest BCUT2D eigenvalue weighted by Gasteiger charge is 2.21. The fraction of sp³-hybridized carbons (Fsp3) is 0.333. The van der Waals surface area contributed by atoms with Crippen LogP contribution in [0.25, 0.3) is 0 Å². The zero-order chi connectivity index (χ0) is 11.7. The highest BCUT2D eigenvalue weighted by molar-refractivity contribution is 6.34. The van der Waals surface area contributed by atoms with Gasteiger partial charge in [-0.15, -0.1) is 0 Å². The quantitative estimate of drug-likeness (QED) is 0.822. The molecular weight excluding hydrogens is 226 g/mol. The zero-order valence-electron chi connectivity index (χ0n) is 8.97. The van der Waals surface area contributed by atoms with Crippen molar-refractivity contribution in [1.29, 1.82) is 0 Å². The largest absolute Gasteiger partial charge is 0.325 e. The van der Waals surface area contributed by atoms with Crippen LogP contribution in [0.5, 0.6) is 0 Å². The van der Waals surface area contributed by atoms with Crippen LogP contribution in [0, 0.1) is 0 Å². The summed E-state index contributed by atoms with van der Waals surface area (Å²) < 4.78 is 0. The van der Waals surface area contributed by atoms with Crippen LogP contribution in [-0.4, -0.2) is 11.7 Å². The molecule has 1 aliphatic rings. The molecule has 16 heavy (non-hydrogen) atoms. The fourth-order valence-corrected chi connectivity index (χ4v) is 2.09. The van der Waals surface area contributed by atoms with Gasteiger partial charge in [0.2, 0.25) is 5.91 Å². The number of amides is 1. The van der Waals surface area contributed by atoms with Gasteiger partial charge in [-0.25, -0.2) is 0 Å². The molecule has 0 unspecified atom stereocenters. The second kappa shape index (κ2) is 4.26. The molecule has 1 heterocycles. The molecule has 1 amide bonds. The Morgan fingerprint density at radius 3 is 2.94 bits per heavy atom. The number of hydrogen-bond donors (Lipinski definition) is 1. The lowest BCUT2D eigenvalue weighted by atomic mass is 10.0. The number of Topliss-reactive ketones (excluding diaryl/α,β-unsaturated/α-hetero) is 1. The van der Waals surface area contributed by atoms with E-state index in [2.05, 4.69) is 5.32 Å². The number of rotatable bonds is 3. The van der Waals surface area contributed by atoms with Crippen LogP contribution in [0.4, 0.5) is 5.69 Å². The SMILES string of the molecule is CCCC(=O)c1cc2c(cc1Cl)NC(=O)C2. The van der Waals surface area contributed by atoms with Crippen molar-refractivity contribution in [2.45, 2.75) is 26.2 Å². The number of carbonyl (C=O) groups excluding carboxylic acids is 2. The third-order valence-electron chi connectivity index (χ3n) is 2.60. The van der Waals surface area contributed by atoms with Gasteiger partial charge in [-0.2, -0.15) is 0 Å². The first-order chi connectivity index (χ1) is 7.61. The second-order valence-corrected chi connectivity index (χ2v) is 4.29. The van der Waals surface area contributed by atoms with E-state index in [1.807, 2.05) is 6.92 Å². The molecular formula is C12H12ClNO2. The number of halogens is 1. The molecule has 0 bridgehead atoms. The van der Waals surface area contributed by atoms with E-state index in [4.69, 9.17) is 11.6 Å². The van der Waals surface area contributed by atoms with Gasteiger partial charge in [-0.1, -0.05) is 18.5 Å². The molecule has 0 aliphatic carbocycles. The summed E-state index contributed by atoms with van der Waals surface area (Å²) >= 11 is 6.01. The molecule has 1 N–H and O–H groups in total. The Labute approximate surface area is 98.8 Å². The third kappa shape index (κ3) is 1.95. The Balaban J connectivity index is 2.38. The van der Waals surface area contributed by atoms with Crippen molar-refractivity contribution < 1.29 is 9.59 Å². The lowest BCUT2D eigenvalue weighted by Crippen LogP contribution is -2.03. The van der Waals surface area contributed by atoms with Gasteiger partial charge in [0.25, 0.3) is 0 Å². The second-order valence-electron chi connectivity index (χ2n) is 3.89. The summed E-state index contributed by atoms with van der Waals surface area (Å²) in [5.41, 5.74) is 2.11. The topological polar surface area (TPSA) is 46.2 Å². The first kappa shape index (κ1) is 11.1. The molecule has 1 aromatic carbocycles. The Morgan fingerprint density at radius 1 is 1.50 bits per heavy atom. The monoisotopic (exact) mass is 237 g/mol. The van der Waals surface area contributed by atoms with E-state index < -0.39 is 0 Å². The minimum Gasteiger partial charge on any atom is -0.325 e. The molecule has 0 fully saturated rings. The number of fused-ring (bicyclic) bond motifs is 1. The molecule has 84 valence electrons. The molecule has 0 aromatic heterocycles. The molecule has 0 spiro atoms. The van der Waals surface area contributed by atoms with Crippen LogP contribution >= 0.6 is 11.6 Å². The number of anilines is 1. The van der Waals surface area contributed by atoms with Crippen molar-refractivity contribution in [3.8, 4) is 0 Å². The van der Waals surface area contributed by atoms with Crippen molar-refractivity contribution >= 4 is 29.0 Å². The summed E-state index contributed by atoms with van der Waals surface area (Å²) in [5, 5.41) is 3.12. The maximum atomic E-state index is 11.8. The number of nitrogens with one attached hydrogen (secondary N) is 1. The summed E-state index contributed by atoms with van der Waals surface area (Å²) in [7, 11) is 0. The maximum absolute atomic E-state index is 11.8. The Bertz CT molecular complexity index is 468. The molecule has 0 radical (unpaired) electrons. The Hall–Kier alpha value is -1.35. The molecule has 1 aliphatic heterocycles. The van der Waals surface area contributed by atoms with Gasteiger partial charge in [-0.3, -0.25) is 9.59 Å². The van der Waals surface area contributed by atoms with Crippen molar-refractivity contribution in [3.05, 3.63) is 28.3 Å². The molecule has 2 rings (SSSR count). The predicted molar refractivity (Wildman–Crippen MR) is 63.0 cm³/mol. The number of hydrogen-bond acceptors (Lipinski definition) is 2. The number of ketones is 1. The van der Waals surface area contributed by atoms with Crippen molar-refractivity contribution in [2.24, 2.45) is 0 Å². The molecule has 0 saturated heterocycles. The van der Waals surface area contributed by atoms with Crippen molar-refractivity contribution in [1.82, 2.24) is 0 Å². The smallest absolute Gasteiger partial charge is 0.228 e. The van der Waals surface area contributed by atoms with Crippen molar-refractivity contribution in [2.75, 3.05) is 5.32 Å². The molecule has 3 nitrogen and oxygen atoms in total. The van der Waals surface area contributed by atoms with E-state index in [1.54, 1.807) is 12.1 Å². The van der Waals surface area contributed by atoms with E-state index in [1.165, 1.54) is 0 Å². The summed E-state index contributed by atoms with van der Waals surface area (Å²) in [6.45, 7) is 1.95. The van der Waals surface area contributed by atoms with Crippen LogP contribution in [0.2, 0.25) is 5.02 Å². The minimum atomic E-state index is -0.0499. The molecule has 0 atom stereocenters. The standard InChI is InChI=1S/C12H12ClNO2/c1-2-3-11(15)8-4-7-5-12(16)14-10(7)6-9(8)13/h4,6H,2-3,5H2,1H3,(H,14,16). The third-order valence-corrected chi connectivity index (χ3v) is 2.91. The van der Waals surface area contributed by atoms with E-state index in [-0.39, 0.29) is 11.7 Å². The van der Waals surface area contributed by atoms with Crippen LogP contribution in [0.15, 0.2) is 12.1 Å². The zero-order valence-corrected chi connectivity index (χ0v) is 9.73. The number of carbonyl (C=O) groups is 2. The number of benzene rings is 1. The predicted octanol–water partition coefficient (Wildman–Crippen LogP) is 2.82. The molecule has 4 heteroatoms. The van der Waals surface area contributed by atoms with Gasteiger partial charge < -0.3 is 5.32 Å². The summed E-state index contributed by atoms with van der Waals surface area (Å²) in [4.78, 5) is 22.9. The first-order valence-corrected chi connectivity index (χ1v) is 5.65. The highest BCUT2D eigenvalue weighted by atomic mass is 35.5. The summed E-state index contributed by atoms with van der Waals surface area (Å²) in [5.74, 6) is -0.0131. The summed E-state index contributed by atoms with van der Waals surface area (Å²) in [6, 6.07) is 3.39. The van der Waals surface area contributed by atoms with Gasteiger partial charge in [0.15, 0.2) is 5.78 Å². The van der Waals surface area contributed by atoms with E-state index >= 15 is 0 Å². The summed E-state index contributed by atoms with van der Waals surface area (Å²) in [6.07, 6.45) is 1.61. The van der Waals surface area contributed by atoms with E-state index in [9.17, 15) is 9.59 Å². The maximum Gasteiger partial charge on any atom is 0.228 e. The lowest BCUT2D eigenvalue weighted by Gasteiger charge is -2.05. The van der Waals surface area contributed by atoms with E-state index in [0.29, 0.717) is 23.4 Å². The van der Waals surface area contributed by atoms with Gasteiger partial charge in [0.05, 0.1) is 11.4 Å². The average Bonchev–Trinajstić information content (AvgIpc) is 2.56. The molecule has 1 aromatic rings. The first-order valence-electron chi connectivity index (χ1n) is 5.27. The van der Waals surface area contributed by atoms with Gasteiger partial charge >= 0.3 is 0 Å². The Morgan fingerprint density at radius 2 is 2.25 bits per heavy atom. The van der Waals surface area contributed by atoms with Gasteiger partial charge in [-0.05, 0) is 24.1 Å². The average molecular weight is 238 g/mol. The highest BCUT2D eigenvalue weighted by Crippen LogP contribution is 2.30. The van der Waals surface area contributed by atoms with Gasteiger partial charge in [0.1, 0.15) is 0 Å². The van der Waals surface area contributed by atoms with Crippen LogP contribution in [0.3, 0.4) is 0 Å². The fourth-order valence-electron chi connectivity index (χ4n) is 1.82. The lowest BCUT2D eigenvalue weighted by molar-refractivity contribution is -0.115. The van der Waals surface area contributed by atoms with Crippen LogP contribution in [0.1, 0.15) is 35.7 Å². The minimum absolute atomic E-state index is 0.0367. The van der Waals surface area contributed by atoms with Crippen molar-refractivity contribution in [3.63, 3.8) is 0 Å².